The third kappa shape index (κ3) is 2.66. The van der Waals surface area contributed by atoms with E-state index in [0.29, 0.717) is 18.0 Å². The van der Waals surface area contributed by atoms with Crippen molar-refractivity contribution in [3.8, 4) is 17.1 Å². The summed E-state index contributed by atoms with van der Waals surface area (Å²) in [6.45, 7) is 2.55. The summed E-state index contributed by atoms with van der Waals surface area (Å²) in [5, 5.41) is 0. The maximum atomic E-state index is 10.5. The van der Waals surface area contributed by atoms with Gasteiger partial charge in [-0.05, 0) is 19.1 Å². The van der Waals surface area contributed by atoms with Gasteiger partial charge in [0.25, 0.3) is 0 Å². The van der Waals surface area contributed by atoms with Gasteiger partial charge in [0.2, 0.25) is 0 Å². The molecule has 0 aliphatic carbocycles. The van der Waals surface area contributed by atoms with Crippen LogP contribution in [0, 0.1) is 0 Å². The van der Waals surface area contributed by atoms with E-state index in [0.717, 1.165) is 17.6 Å². The average molecular weight is 228 g/mol. The van der Waals surface area contributed by atoms with Crippen molar-refractivity contribution in [2.24, 2.45) is 0 Å². The number of hydrogen-bond acceptors (Lipinski definition) is 4. The lowest BCUT2D eigenvalue weighted by Crippen LogP contribution is -1.94. The van der Waals surface area contributed by atoms with E-state index in [9.17, 15) is 4.79 Å². The van der Waals surface area contributed by atoms with Gasteiger partial charge in [0.05, 0.1) is 12.2 Å². The maximum absolute atomic E-state index is 10.5. The van der Waals surface area contributed by atoms with E-state index in [1.165, 1.54) is 12.4 Å². The largest absolute Gasteiger partial charge is 0.494 e. The maximum Gasteiger partial charge on any atom is 0.159 e. The molecule has 1 aromatic carbocycles. The fourth-order valence-electron chi connectivity index (χ4n) is 1.44. The van der Waals surface area contributed by atoms with Crippen molar-refractivity contribution in [3.05, 3.63) is 42.2 Å². The molecule has 17 heavy (non-hydrogen) atoms. The summed E-state index contributed by atoms with van der Waals surface area (Å²) in [6.07, 6.45) is 3.73. The molecule has 0 atom stereocenters. The third-order valence-electron chi connectivity index (χ3n) is 2.21. The van der Waals surface area contributed by atoms with Gasteiger partial charge in [-0.1, -0.05) is 12.1 Å². The number of aldehydes is 1. The molecule has 86 valence electrons. The smallest absolute Gasteiger partial charge is 0.159 e. The predicted molar refractivity (Wildman–Crippen MR) is 64.0 cm³/mol. The van der Waals surface area contributed by atoms with Crippen LogP contribution in [0.5, 0.6) is 5.75 Å². The molecule has 1 aromatic heterocycles. The minimum Gasteiger partial charge on any atom is -0.494 e. The van der Waals surface area contributed by atoms with Gasteiger partial charge in [0.1, 0.15) is 5.75 Å². The molecule has 0 amide bonds. The summed E-state index contributed by atoms with van der Waals surface area (Å²) in [5.41, 5.74) is 1.34. The Kier molecular flexibility index (Phi) is 3.45. The molecule has 0 saturated carbocycles. The summed E-state index contributed by atoms with van der Waals surface area (Å²) in [5.74, 6) is 1.37. The highest BCUT2D eigenvalue weighted by Gasteiger charge is 2.02. The van der Waals surface area contributed by atoms with Crippen molar-refractivity contribution < 1.29 is 9.53 Å². The van der Waals surface area contributed by atoms with Crippen molar-refractivity contribution in [1.29, 1.82) is 0 Å². The van der Waals surface area contributed by atoms with Crippen LogP contribution >= 0.6 is 0 Å². The zero-order valence-electron chi connectivity index (χ0n) is 9.46. The van der Waals surface area contributed by atoms with Crippen LogP contribution in [0.4, 0.5) is 0 Å². The fourth-order valence-corrected chi connectivity index (χ4v) is 1.44. The number of rotatable bonds is 4. The van der Waals surface area contributed by atoms with Gasteiger partial charge in [-0.25, -0.2) is 9.97 Å². The first-order valence-corrected chi connectivity index (χ1v) is 5.34. The second-order valence-electron chi connectivity index (χ2n) is 3.42. The van der Waals surface area contributed by atoms with Crippen molar-refractivity contribution in [2.45, 2.75) is 6.92 Å². The Morgan fingerprint density at radius 2 is 2.06 bits per heavy atom. The van der Waals surface area contributed by atoms with E-state index in [-0.39, 0.29) is 0 Å². The molecule has 0 bridgehead atoms. The molecular formula is C13H12N2O2. The van der Waals surface area contributed by atoms with Crippen molar-refractivity contribution in [1.82, 2.24) is 9.97 Å². The molecule has 0 radical (unpaired) electrons. The third-order valence-corrected chi connectivity index (χ3v) is 2.21. The molecule has 2 aromatic rings. The van der Waals surface area contributed by atoms with E-state index in [4.69, 9.17) is 4.74 Å². The van der Waals surface area contributed by atoms with E-state index in [1.807, 2.05) is 31.2 Å². The van der Waals surface area contributed by atoms with Crippen LogP contribution in [0.3, 0.4) is 0 Å². The highest BCUT2D eigenvalue weighted by Crippen LogP contribution is 2.20. The van der Waals surface area contributed by atoms with Crippen LogP contribution in [-0.2, 0) is 0 Å². The standard InChI is InChI=1S/C13H12N2O2/c1-2-17-12-5-3-4-11(6-12)13-14-7-10(9-16)8-15-13/h3-9H,2H2,1H3. The lowest BCUT2D eigenvalue weighted by Gasteiger charge is -2.05. The number of hydrogen-bond donors (Lipinski definition) is 0. The molecular weight excluding hydrogens is 216 g/mol. The average Bonchev–Trinajstić information content (AvgIpc) is 2.40. The highest BCUT2D eigenvalue weighted by molar-refractivity contribution is 5.74. The molecule has 0 saturated heterocycles. The number of aromatic nitrogens is 2. The minimum atomic E-state index is 0.467. The Bertz CT molecular complexity index is 509. The number of benzene rings is 1. The Morgan fingerprint density at radius 1 is 1.29 bits per heavy atom. The molecule has 1 heterocycles. The summed E-state index contributed by atoms with van der Waals surface area (Å²) in [4.78, 5) is 18.7. The first-order valence-electron chi connectivity index (χ1n) is 5.34. The molecule has 0 aliphatic rings. The van der Waals surface area contributed by atoms with E-state index >= 15 is 0 Å². The monoisotopic (exact) mass is 228 g/mol. The van der Waals surface area contributed by atoms with Crippen LogP contribution in [0.1, 0.15) is 17.3 Å². The second kappa shape index (κ2) is 5.21. The summed E-state index contributed by atoms with van der Waals surface area (Å²) >= 11 is 0. The van der Waals surface area contributed by atoms with Gasteiger partial charge in [0, 0.05) is 18.0 Å². The summed E-state index contributed by atoms with van der Waals surface area (Å²) in [7, 11) is 0. The second-order valence-corrected chi connectivity index (χ2v) is 3.42. The molecule has 0 unspecified atom stereocenters. The van der Waals surface area contributed by atoms with Crippen LogP contribution in [0.15, 0.2) is 36.7 Å². The zero-order valence-corrected chi connectivity index (χ0v) is 9.46. The van der Waals surface area contributed by atoms with Crippen LogP contribution in [0.2, 0.25) is 0 Å². The van der Waals surface area contributed by atoms with Gasteiger partial charge in [0.15, 0.2) is 12.1 Å². The van der Waals surface area contributed by atoms with E-state index in [1.54, 1.807) is 0 Å². The van der Waals surface area contributed by atoms with E-state index < -0.39 is 0 Å². The highest BCUT2D eigenvalue weighted by atomic mass is 16.5. The Labute approximate surface area is 99.3 Å². The van der Waals surface area contributed by atoms with Crippen molar-refractivity contribution >= 4 is 6.29 Å². The fraction of sp³-hybridized carbons (Fsp3) is 0.154. The lowest BCUT2D eigenvalue weighted by molar-refractivity contribution is 0.112. The van der Waals surface area contributed by atoms with Gasteiger partial charge in [-0.2, -0.15) is 0 Å². The molecule has 0 aliphatic heterocycles. The predicted octanol–water partition coefficient (Wildman–Crippen LogP) is 2.35. The zero-order chi connectivity index (χ0) is 12.1. The minimum absolute atomic E-state index is 0.467. The van der Waals surface area contributed by atoms with Gasteiger partial charge in [-0.3, -0.25) is 4.79 Å². The lowest BCUT2D eigenvalue weighted by atomic mass is 10.2. The Balaban J connectivity index is 2.31. The topological polar surface area (TPSA) is 52.1 Å². The quantitative estimate of drug-likeness (QED) is 0.754. The van der Waals surface area contributed by atoms with E-state index in [2.05, 4.69) is 9.97 Å². The molecule has 0 fully saturated rings. The molecule has 2 rings (SSSR count). The number of carbonyl (C=O) groups is 1. The molecule has 0 N–H and O–H groups in total. The van der Waals surface area contributed by atoms with Crippen LogP contribution in [-0.4, -0.2) is 22.9 Å². The number of carbonyl (C=O) groups excluding carboxylic acids is 1. The molecule has 4 heteroatoms. The normalized spacial score (nSPS) is 9.94. The van der Waals surface area contributed by atoms with Gasteiger partial charge in [-0.15, -0.1) is 0 Å². The Hall–Kier alpha value is -2.23. The van der Waals surface area contributed by atoms with Crippen LogP contribution < -0.4 is 4.74 Å². The van der Waals surface area contributed by atoms with Crippen molar-refractivity contribution in [2.75, 3.05) is 6.61 Å². The summed E-state index contributed by atoms with van der Waals surface area (Å²) < 4.78 is 5.40. The first-order chi connectivity index (χ1) is 8.33. The number of ether oxygens (including phenoxy) is 1. The van der Waals surface area contributed by atoms with Gasteiger partial charge < -0.3 is 4.74 Å². The summed E-state index contributed by atoms with van der Waals surface area (Å²) in [6, 6.07) is 7.54. The van der Waals surface area contributed by atoms with Crippen molar-refractivity contribution in [3.63, 3.8) is 0 Å². The number of nitrogens with zero attached hydrogens (tertiary/aromatic N) is 2. The molecule has 4 nitrogen and oxygen atoms in total. The first kappa shape index (κ1) is 11.3. The van der Waals surface area contributed by atoms with Gasteiger partial charge >= 0.3 is 0 Å². The Morgan fingerprint density at radius 3 is 2.71 bits per heavy atom. The molecule has 0 spiro atoms. The SMILES string of the molecule is CCOc1cccc(-c2ncc(C=O)cn2)c1. The van der Waals surface area contributed by atoms with Crippen LogP contribution in [0.25, 0.3) is 11.4 Å².